The summed E-state index contributed by atoms with van der Waals surface area (Å²) in [6.45, 7) is 11.3. The first-order chi connectivity index (χ1) is 9.53. The Morgan fingerprint density at radius 2 is 1.95 bits per heavy atom. The van der Waals surface area contributed by atoms with Gasteiger partial charge in [0.1, 0.15) is 5.75 Å². The molecule has 1 atom stereocenters. The van der Waals surface area contributed by atoms with Crippen molar-refractivity contribution < 1.29 is 9.84 Å². The molecule has 0 saturated heterocycles. The third-order valence-electron chi connectivity index (χ3n) is 3.85. The number of hydrogen-bond donors (Lipinski definition) is 1. The van der Waals surface area contributed by atoms with E-state index in [9.17, 15) is 5.11 Å². The summed E-state index contributed by atoms with van der Waals surface area (Å²) in [5, 5.41) is 10.2. The van der Waals surface area contributed by atoms with Gasteiger partial charge in [0.05, 0.1) is 13.2 Å². The molecular weight excluding hydrogens is 252 g/mol. The zero-order chi connectivity index (χ0) is 15.1. The van der Waals surface area contributed by atoms with Gasteiger partial charge in [-0.25, -0.2) is 0 Å². The van der Waals surface area contributed by atoms with E-state index in [0.29, 0.717) is 6.42 Å². The van der Waals surface area contributed by atoms with Gasteiger partial charge in [-0.1, -0.05) is 13.8 Å². The molecule has 0 aliphatic heterocycles. The van der Waals surface area contributed by atoms with Crippen LogP contribution in [0, 0.1) is 13.8 Å². The number of rotatable bonds is 8. The number of aryl methyl sites for hydroxylation is 1. The number of hydrogen-bond acceptors (Lipinski definition) is 4. The highest BCUT2D eigenvalue weighted by Gasteiger charge is 2.14. The van der Waals surface area contributed by atoms with Crippen molar-refractivity contribution in [2.45, 2.75) is 46.6 Å². The summed E-state index contributed by atoms with van der Waals surface area (Å²) in [7, 11) is 1.68. The van der Waals surface area contributed by atoms with Gasteiger partial charge in [0.25, 0.3) is 0 Å². The third kappa shape index (κ3) is 4.46. The zero-order valence-corrected chi connectivity index (χ0v) is 13.4. The number of methoxy groups -OCH3 is 1. The molecule has 0 aromatic carbocycles. The average Bonchev–Trinajstić information content (AvgIpc) is 2.44. The molecule has 0 bridgehead atoms. The fourth-order valence-corrected chi connectivity index (χ4v) is 2.47. The summed E-state index contributed by atoms with van der Waals surface area (Å²) in [5.41, 5.74) is 3.00. The maximum absolute atomic E-state index is 10.2. The van der Waals surface area contributed by atoms with Crippen LogP contribution in [0.5, 0.6) is 5.75 Å². The highest BCUT2D eigenvalue weighted by molar-refractivity contribution is 5.41. The number of aliphatic hydroxyl groups excluding tert-OH is 1. The molecule has 20 heavy (non-hydrogen) atoms. The molecule has 4 nitrogen and oxygen atoms in total. The lowest BCUT2D eigenvalue weighted by molar-refractivity contribution is 0.142. The Morgan fingerprint density at radius 3 is 2.50 bits per heavy atom. The van der Waals surface area contributed by atoms with E-state index in [0.717, 1.165) is 48.6 Å². The van der Waals surface area contributed by atoms with E-state index in [4.69, 9.17) is 4.74 Å². The Kier molecular flexibility index (Phi) is 6.96. The van der Waals surface area contributed by atoms with Gasteiger partial charge in [0, 0.05) is 36.0 Å². The molecule has 0 spiro atoms. The first-order valence-corrected chi connectivity index (χ1v) is 7.42. The quantitative estimate of drug-likeness (QED) is 0.794. The lowest BCUT2D eigenvalue weighted by Crippen LogP contribution is -2.27. The van der Waals surface area contributed by atoms with Gasteiger partial charge in [-0.3, -0.25) is 4.98 Å². The van der Waals surface area contributed by atoms with Crippen molar-refractivity contribution in [3.63, 3.8) is 0 Å². The van der Waals surface area contributed by atoms with Crippen LogP contribution in [0.2, 0.25) is 0 Å². The molecule has 0 fully saturated rings. The van der Waals surface area contributed by atoms with Gasteiger partial charge in [0.2, 0.25) is 0 Å². The van der Waals surface area contributed by atoms with E-state index >= 15 is 0 Å². The first-order valence-electron chi connectivity index (χ1n) is 7.42. The highest BCUT2D eigenvalue weighted by atomic mass is 16.5. The molecule has 0 saturated carbocycles. The topological polar surface area (TPSA) is 45.6 Å². The van der Waals surface area contributed by atoms with Gasteiger partial charge in [-0.2, -0.15) is 0 Å². The standard InChI is InChI=1S/C16H28N2O2/c1-6-18(7-2)9-8-14(19)10-15-13(4)16(20-5)12(3)11-17-15/h11,14,19H,6-10H2,1-5H3. The zero-order valence-electron chi connectivity index (χ0n) is 13.4. The smallest absolute Gasteiger partial charge is 0.128 e. The van der Waals surface area contributed by atoms with E-state index in [2.05, 4.69) is 23.7 Å². The molecule has 0 amide bonds. The van der Waals surface area contributed by atoms with E-state index in [1.54, 1.807) is 7.11 Å². The Bertz CT molecular complexity index is 417. The van der Waals surface area contributed by atoms with Crippen LogP contribution in [0.4, 0.5) is 0 Å². The van der Waals surface area contributed by atoms with Crippen LogP contribution in [0.25, 0.3) is 0 Å². The van der Waals surface area contributed by atoms with E-state index in [-0.39, 0.29) is 6.10 Å². The van der Waals surface area contributed by atoms with Crippen LogP contribution in [-0.2, 0) is 6.42 Å². The number of nitrogens with zero attached hydrogens (tertiary/aromatic N) is 2. The normalized spacial score (nSPS) is 12.8. The molecule has 4 heteroatoms. The van der Waals surface area contributed by atoms with Crippen molar-refractivity contribution in [1.82, 2.24) is 9.88 Å². The van der Waals surface area contributed by atoms with Crippen molar-refractivity contribution >= 4 is 0 Å². The molecule has 1 rings (SSSR count). The third-order valence-corrected chi connectivity index (χ3v) is 3.85. The fourth-order valence-electron chi connectivity index (χ4n) is 2.47. The minimum Gasteiger partial charge on any atom is -0.496 e. The van der Waals surface area contributed by atoms with Crippen LogP contribution >= 0.6 is 0 Å². The van der Waals surface area contributed by atoms with Crippen LogP contribution in [0.1, 0.15) is 37.1 Å². The molecule has 0 aliphatic carbocycles. The van der Waals surface area contributed by atoms with Gasteiger partial charge in [0.15, 0.2) is 0 Å². The lowest BCUT2D eigenvalue weighted by Gasteiger charge is -2.20. The molecule has 0 aliphatic rings. The van der Waals surface area contributed by atoms with Gasteiger partial charge in [-0.05, 0) is 33.4 Å². The van der Waals surface area contributed by atoms with Crippen LogP contribution in [-0.4, -0.2) is 47.8 Å². The monoisotopic (exact) mass is 280 g/mol. The van der Waals surface area contributed by atoms with Crippen molar-refractivity contribution in [1.29, 1.82) is 0 Å². The summed E-state index contributed by atoms with van der Waals surface area (Å²) in [5.74, 6) is 0.881. The maximum Gasteiger partial charge on any atom is 0.128 e. The molecule has 114 valence electrons. The Hall–Kier alpha value is -1.13. The number of ether oxygens (including phenoxy) is 1. The molecular formula is C16H28N2O2. The Labute approximate surface area is 122 Å². The summed E-state index contributed by atoms with van der Waals surface area (Å²) in [6.07, 6.45) is 2.83. The first kappa shape index (κ1) is 16.9. The van der Waals surface area contributed by atoms with E-state index in [1.807, 2.05) is 20.0 Å². The Balaban J connectivity index is 2.64. The second-order valence-corrected chi connectivity index (χ2v) is 5.22. The molecule has 1 aromatic heterocycles. The second-order valence-electron chi connectivity index (χ2n) is 5.22. The highest BCUT2D eigenvalue weighted by Crippen LogP contribution is 2.24. The SMILES string of the molecule is CCN(CC)CCC(O)Cc1ncc(C)c(OC)c1C. The largest absolute Gasteiger partial charge is 0.496 e. The summed E-state index contributed by atoms with van der Waals surface area (Å²) in [4.78, 5) is 6.76. The predicted octanol–water partition coefficient (Wildman–Crippen LogP) is 2.34. The fraction of sp³-hybridized carbons (Fsp3) is 0.688. The minimum absolute atomic E-state index is 0.353. The molecule has 1 N–H and O–H groups in total. The predicted molar refractivity (Wildman–Crippen MR) is 82.4 cm³/mol. The number of pyridine rings is 1. The van der Waals surface area contributed by atoms with Gasteiger partial charge < -0.3 is 14.7 Å². The van der Waals surface area contributed by atoms with Crippen LogP contribution in [0.3, 0.4) is 0 Å². The number of aliphatic hydroxyl groups is 1. The summed E-state index contributed by atoms with van der Waals surface area (Å²) in [6, 6.07) is 0. The Morgan fingerprint density at radius 1 is 1.30 bits per heavy atom. The van der Waals surface area contributed by atoms with Crippen LogP contribution in [0.15, 0.2) is 6.20 Å². The summed E-state index contributed by atoms with van der Waals surface area (Å²) >= 11 is 0. The van der Waals surface area contributed by atoms with Gasteiger partial charge in [-0.15, -0.1) is 0 Å². The molecule has 1 unspecified atom stereocenters. The van der Waals surface area contributed by atoms with Gasteiger partial charge >= 0.3 is 0 Å². The molecule has 1 aromatic rings. The van der Waals surface area contributed by atoms with Crippen molar-refractivity contribution in [2.75, 3.05) is 26.7 Å². The average molecular weight is 280 g/mol. The number of aromatic nitrogens is 1. The maximum atomic E-state index is 10.2. The molecule has 1 heterocycles. The molecule has 0 radical (unpaired) electrons. The van der Waals surface area contributed by atoms with Crippen molar-refractivity contribution in [3.8, 4) is 5.75 Å². The van der Waals surface area contributed by atoms with E-state index in [1.165, 1.54) is 0 Å². The minimum atomic E-state index is -0.353. The lowest BCUT2D eigenvalue weighted by atomic mass is 10.0. The summed E-state index contributed by atoms with van der Waals surface area (Å²) < 4.78 is 5.40. The second kappa shape index (κ2) is 8.22. The van der Waals surface area contributed by atoms with E-state index < -0.39 is 0 Å². The van der Waals surface area contributed by atoms with Crippen molar-refractivity contribution in [3.05, 3.63) is 23.0 Å². The van der Waals surface area contributed by atoms with Crippen LogP contribution < -0.4 is 4.74 Å². The van der Waals surface area contributed by atoms with Crippen molar-refractivity contribution in [2.24, 2.45) is 0 Å².